The quantitative estimate of drug-likeness (QED) is 0.255. The van der Waals surface area contributed by atoms with Crippen LogP contribution >= 0.6 is 0 Å². The number of rotatable bonds is 22. The lowest BCUT2D eigenvalue weighted by atomic mass is 9.92. The standard InChI is InChI=1S/C24H42O7/c1-25-12-7-15-28-19-24(20-29-16-8-13-26-2,21-30-17-9-14-27-3)22-31-18-23-10-5-4-6-11-23/h4-6,10-11H,7-9,12-22H2,1-3H3. The molecule has 0 unspecified atom stereocenters. The van der Waals surface area contributed by atoms with Crippen molar-refractivity contribution < 1.29 is 33.2 Å². The Bertz CT molecular complexity index is 462. The van der Waals surface area contributed by atoms with Gasteiger partial charge in [0.2, 0.25) is 0 Å². The molecule has 0 N–H and O–H groups in total. The molecule has 0 bridgehead atoms. The molecule has 7 nitrogen and oxygen atoms in total. The summed E-state index contributed by atoms with van der Waals surface area (Å²) in [5, 5.41) is 0. The molecule has 0 radical (unpaired) electrons. The van der Waals surface area contributed by atoms with Crippen LogP contribution < -0.4 is 0 Å². The first-order valence-electron chi connectivity index (χ1n) is 11.1. The van der Waals surface area contributed by atoms with Gasteiger partial charge in [0.1, 0.15) is 0 Å². The average molecular weight is 443 g/mol. The highest BCUT2D eigenvalue weighted by atomic mass is 16.5. The highest BCUT2D eigenvalue weighted by Crippen LogP contribution is 2.22. The van der Waals surface area contributed by atoms with Crippen LogP contribution in [-0.4, -0.2) is 87.4 Å². The maximum Gasteiger partial charge on any atom is 0.0717 e. The van der Waals surface area contributed by atoms with Gasteiger partial charge >= 0.3 is 0 Å². The van der Waals surface area contributed by atoms with E-state index in [0.29, 0.717) is 72.7 Å². The van der Waals surface area contributed by atoms with Crippen LogP contribution in [0.1, 0.15) is 24.8 Å². The first-order valence-corrected chi connectivity index (χ1v) is 11.1. The van der Waals surface area contributed by atoms with Gasteiger partial charge < -0.3 is 33.2 Å². The molecule has 0 aromatic heterocycles. The van der Waals surface area contributed by atoms with E-state index in [1.165, 1.54) is 0 Å². The fraction of sp³-hybridized carbons (Fsp3) is 0.750. The summed E-state index contributed by atoms with van der Waals surface area (Å²) in [6, 6.07) is 10.2. The van der Waals surface area contributed by atoms with Crippen molar-refractivity contribution >= 4 is 0 Å². The van der Waals surface area contributed by atoms with Crippen LogP contribution in [0.15, 0.2) is 30.3 Å². The molecule has 0 aliphatic rings. The van der Waals surface area contributed by atoms with E-state index in [1.54, 1.807) is 21.3 Å². The van der Waals surface area contributed by atoms with E-state index in [4.69, 9.17) is 33.2 Å². The van der Waals surface area contributed by atoms with E-state index < -0.39 is 0 Å². The lowest BCUT2D eigenvalue weighted by molar-refractivity contribution is -0.112. The van der Waals surface area contributed by atoms with Gasteiger partial charge in [-0.1, -0.05) is 30.3 Å². The molecule has 1 rings (SSSR count). The van der Waals surface area contributed by atoms with Gasteiger partial charge in [-0.05, 0) is 24.8 Å². The lowest BCUT2D eigenvalue weighted by Gasteiger charge is -2.33. The second kappa shape index (κ2) is 19.6. The maximum absolute atomic E-state index is 6.11. The molecule has 1 aromatic carbocycles. The van der Waals surface area contributed by atoms with Gasteiger partial charge in [0, 0.05) is 61.0 Å². The Balaban J connectivity index is 2.67. The molecule has 7 heteroatoms. The minimum Gasteiger partial charge on any atom is -0.385 e. The first-order chi connectivity index (χ1) is 15.3. The number of ether oxygens (including phenoxy) is 7. The minimum absolute atomic E-state index is 0.387. The third-order valence-corrected chi connectivity index (χ3v) is 4.66. The van der Waals surface area contributed by atoms with Crippen LogP contribution in [0.2, 0.25) is 0 Å². The Morgan fingerprint density at radius 2 is 0.968 bits per heavy atom. The smallest absolute Gasteiger partial charge is 0.0717 e. The molecular weight excluding hydrogens is 400 g/mol. The Hall–Kier alpha value is -1.06. The molecule has 0 spiro atoms. The van der Waals surface area contributed by atoms with Gasteiger partial charge in [-0.25, -0.2) is 0 Å². The fourth-order valence-corrected chi connectivity index (χ4v) is 2.99. The Labute approximate surface area is 188 Å². The SMILES string of the molecule is COCCCOCC(COCCCOC)(COCCCOC)COCc1ccccc1. The maximum atomic E-state index is 6.11. The van der Waals surface area contributed by atoms with Crippen LogP contribution in [0.4, 0.5) is 0 Å². The Kier molecular flexibility index (Phi) is 17.7. The molecule has 0 saturated heterocycles. The summed E-state index contributed by atoms with van der Waals surface area (Å²) in [4.78, 5) is 0. The molecule has 31 heavy (non-hydrogen) atoms. The van der Waals surface area contributed by atoms with Crippen molar-refractivity contribution in [2.75, 3.05) is 87.4 Å². The van der Waals surface area contributed by atoms with Crippen molar-refractivity contribution in [1.82, 2.24) is 0 Å². The minimum atomic E-state index is -0.387. The molecule has 1 aromatic rings. The van der Waals surface area contributed by atoms with Gasteiger partial charge in [-0.3, -0.25) is 0 Å². The predicted molar refractivity (Wildman–Crippen MR) is 120 cm³/mol. The summed E-state index contributed by atoms with van der Waals surface area (Å²) < 4.78 is 39.4. The third-order valence-electron chi connectivity index (χ3n) is 4.66. The molecule has 0 aliphatic carbocycles. The molecule has 0 atom stereocenters. The topological polar surface area (TPSA) is 64.6 Å². The normalized spacial score (nSPS) is 11.8. The van der Waals surface area contributed by atoms with E-state index in [-0.39, 0.29) is 5.41 Å². The van der Waals surface area contributed by atoms with Crippen LogP contribution in [-0.2, 0) is 39.8 Å². The van der Waals surface area contributed by atoms with Crippen LogP contribution in [0, 0.1) is 5.41 Å². The number of hydrogen-bond acceptors (Lipinski definition) is 7. The molecule has 0 amide bonds. The van der Waals surface area contributed by atoms with E-state index in [0.717, 1.165) is 24.8 Å². The van der Waals surface area contributed by atoms with Crippen LogP contribution in [0.3, 0.4) is 0 Å². The van der Waals surface area contributed by atoms with Crippen molar-refractivity contribution in [1.29, 1.82) is 0 Å². The van der Waals surface area contributed by atoms with Gasteiger partial charge in [0.05, 0.1) is 38.4 Å². The largest absolute Gasteiger partial charge is 0.385 e. The highest BCUT2D eigenvalue weighted by Gasteiger charge is 2.32. The number of benzene rings is 1. The Morgan fingerprint density at radius 1 is 0.548 bits per heavy atom. The summed E-state index contributed by atoms with van der Waals surface area (Å²) in [7, 11) is 5.09. The molecule has 0 fully saturated rings. The van der Waals surface area contributed by atoms with Gasteiger partial charge in [0.15, 0.2) is 0 Å². The molecule has 0 aliphatic heterocycles. The third kappa shape index (κ3) is 14.6. The van der Waals surface area contributed by atoms with Crippen molar-refractivity contribution in [3.63, 3.8) is 0 Å². The van der Waals surface area contributed by atoms with Crippen molar-refractivity contribution in [2.45, 2.75) is 25.9 Å². The zero-order valence-corrected chi connectivity index (χ0v) is 19.6. The Morgan fingerprint density at radius 3 is 1.39 bits per heavy atom. The predicted octanol–water partition coefficient (Wildman–Crippen LogP) is 3.35. The van der Waals surface area contributed by atoms with Gasteiger partial charge in [0.25, 0.3) is 0 Å². The van der Waals surface area contributed by atoms with Crippen LogP contribution in [0.5, 0.6) is 0 Å². The monoisotopic (exact) mass is 442 g/mol. The van der Waals surface area contributed by atoms with E-state index in [9.17, 15) is 0 Å². The number of hydrogen-bond donors (Lipinski definition) is 0. The molecule has 0 heterocycles. The highest BCUT2D eigenvalue weighted by molar-refractivity contribution is 5.13. The summed E-state index contributed by atoms with van der Waals surface area (Å²) in [5.41, 5.74) is 0.751. The second-order valence-corrected chi connectivity index (χ2v) is 7.68. The molecule has 180 valence electrons. The second-order valence-electron chi connectivity index (χ2n) is 7.68. The van der Waals surface area contributed by atoms with Gasteiger partial charge in [-0.2, -0.15) is 0 Å². The van der Waals surface area contributed by atoms with E-state index >= 15 is 0 Å². The molecule has 0 saturated carbocycles. The van der Waals surface area contributed by atoms with Crippen molar-refractivity contribution in [2.24, 2.45) is 5.41 Å². The summed E-state index contributed by atoms with van der Waals surface area (Å²) in [6.45, 7) is 6.45. The fourth-order valence-electron chi connectivity index (χ4n) is 2.99. The van der Waals surface area contributed by atoms with Crippen molar-refractivity contribution in [3.05, 3.63) is 35.9 Å². The van der Waals surface area contributed by atoms with Gasteiger partial charge in [-0.15, -0.1) is 0 Å². The summed E-state index contributed by atoms with van der Waals surface area (Å²) in [5.74, 6) is 0. The zero-order chi connectivity index (χ0) is 22.5. The first kappa shape index (κ1) is 28.0. The van der Waals surface area contributed by atoms with Crippen LogP contribution in [0.25, 0.3) is 0 Å². The zero-order valence-electron chi connectivity index (χ0n) is 19.6. The average Bonchev–Trinajstić information content (AvgIpc) is 2.79. The summed E-state index contributed by atoms with van der Waals surface area (Å²) in [6.07, 6.45) is 2.54. The number of methoxy groups -OCH3 is 3. The summed E-state index contributed by atoms with van der Waals surface area (Å²) >= 11 is 0. The molecular formula is C24H42O7. The lowest BCUT2D eigenvalue weighted by Crippen LogP contribution is -2.42. The van der Waals surface area contributed by atoms with E-state index in [1.807, 2.05) is 18.2 Å². The van der Waals surface area contributed by atoms with Crippen molar-refractivity contribution in [3.8, 4) is 0 Å². The van der Waals surface area contributed by atoms with E-state index in [2.05, 4.69) is 12.1 Å².